The van der Waals surface area contributed by atoms with Crippen molar-refractivity contribution < 1.29 is 9.90 Å². The number of thiophene rings is 1. The molecule has 3 fully saturated rings. The number of carboxylic acids is 1. The van der Waals surface area contributed by atoms with E-state index >= 15 is 0 Å². The first-order chi connectivity index (χ1) is 17.7. The predicted octanol–water partition coefficient (Wildman–Crippen LogP) is 6.53. The summed E-state index contributed by atoms with van der Waals surface area (Å²) in [5, 5.41) is 14.7. The molecule has 3 unspecified atom stereocenters. The van der Waals surface area contributed by atoms with Crippen LogP contribution in [0.2, 0.25) is 0 Å². The van der Waals surface area contributed by atoms with Crippen LogP contribution in [-0.4, -0.2) is 59.6 Å². The van der Waals surface area contributed by atoms with Crippen LogP contribution in [0.3, 0.4) is 0 Å². The summed E-state index contributed by atoms with van der Waals surface area (Å²) in [6, 6.07) is 12.9. The molecule has 4 nitrogen and oxygen atoms in total. The van der Waals surface area contributed by atoms with E-state index in [0.29, 0.717) is 17.8 Å². The van der Waals surface area contributed by atoms with Gasteiger partial charge in [0.25, 0.3) is 0 Å². The van der Waals surface area contributed by atoms with E-state index in [9.17, 15) is 9.90 Å². The third-order valence-electron chi connectivity index (χ3n) is 9.30. The van der Waals surface area contributed by atoms with Crippen LogP contribution in [0.15, 0.2) is 47.2 Å². The Morgan fingerprint density at radius 3 is 2.47 bits per heavy atom. The standard InChI is InChI=1S/C31H44N2O2S/c34-31(35)30(26-12-5-2-6-13-26)33-21-28(29(22-33)27-16-19-36-23-27)20-32-17-14-25(15-18-32)11-7-10-24-8-3-1-4-9-24/h1,3-4,8-9,16,19,23,25-26,28-30H,2,5-7,10-15,17-18,20-22H2,(H,34,35). The molecule has 0 bridgehead atoms. The number of hydrogen-bond acceptors (Lipinski definition) is 4. The van der Waals surface area contributed by atoms with Gasteiger partial charge in [-0.15, -0.1) is 0 Å². The first-order valence-corrected chi connectivity index (χ1v) is 15.4. The quantitative estimate of drug-likeness (QED) is 0.396. The van der Waals surface area contributed by atoms with Crippen LogP contribution in [0, 0.1) is 17.8 Å². The van der Waals surface area contributed by atoms with Crippen LogP contribution in [0.5, 0.6) is 0 Å². The Morgan fingerprint density at radius 1 is 1.00 bits per heavy atom. The summed E-state index contributed by atoms with van der Waals surface area (Å²) in [6.07, 6.45) is 12.3. The number of carboxylic acid groups (broad SMARTS) is 1. The Balaban J connectivity index is 1.15. The van der Waals surface area contributed by atoms with Crippen LogP contribution >= 0.6 is 11.3 Å². The summed E-state index contributed by atoms with van der Waals surface area (Å²) in [5.41, 5.74) is 2.89. The van der Waals surface area contributed by atoms with Crippen molar-refractivity contribution in [3.8, 4) is 0 Å². The van der Waals surface area contributed by atoms with E-state index in [1.165, 1.54) is 75.6 Å². The zero-order valence-corrected chi connectivity index (χ0v) is 22.6. The van der Waals surface area contributed by atoms with Gasteiger partial charge in [-0.1, -0.05) is 56.0 Å². The topological polar surface area (TPSA) is 43.8 Å². The Hall–Kier alpha value is -1.69. The van der Waals surface area contributed by atoms with E-state index in [0.717, 1.165) is 38.4 Å². The van der Waals surface area contributed by atoms with Crippen LogP contribution in [-0.2, 0) is 11.2 Å². The normalized spacial score (nSPS) is 25.8. The molecule has 1 aromatic carbocycles. The number of rotatable bonds is 10. The van der Waals surface area contributed by atoms with Gasteiger partial charge in [0, 0.05) is 25.6 Å². The molecule has 2 saturated heterocycles. The molecular formula is C31H44N2O2S. The molecule has 0 amide bonds. The smallest absolute Gasteiger partial charge is 0.321 e. The molecule has 196 valence electrons. The monoisotopic (exact) mass is 508 g/mol. The highest BCUT2D eigenvalue weighted by molar-refractivity contribution is 7.08. The molecule has 0 spiro atoms. The summed E-state index contributed by atoms with van der Waals surface area (Å²) in [7, 11) is 0. The Labute approximate surface area is 221 Å². The maximum Gasteiger partial charge on any atom is 0.321 e. The van der Waals surface area contributed by atoms with Crippen molar-refractivity contribution in [1.82, 2.24) is 9.80 Å². The molecule has 1 N–H and O–H groups in total. The zero-order chi connectivity index (χ0) is 24.7. The lowest BCUT2D eigenvalue weighted by atomic mass is 9.83. The zero-order valence-electron chi connectivity index (χ0n) is 21.8. The maximum atomic E-state index is 12.4. The molecule has 0 radical (unpaired) electrons. The van der Waals surface area contributed by atoms with Gasteiger partial charge in [-0.3, -0.25) is 9.69 Å². The molecule has 2 aliphatic heterocycles. The van der Waals surface area contributed by atoms with Crippen LogP contribution in [0.1, 0.15) is 74.8 Å². The van der Waals surface area contributed by atoms with Crippen molar-refractivity contribution in [2.45, 2.75) is 76.2 Å². The largest absolute Gasteiger partial charge is 0.480 e. The van der Waals surface area contributed by atoms with Gasteiger partial charge < -0.3 is 10.0 Å². The van der Waals surface area contributed by atoms with Crippen molar-refractivity contribution in [3.05, 3.63) is 58.3 Å². The van der Waals surface area contributed by atoms with Crippen molar-refractivity contribution in [2.24, 2.45) is 17.8 Å². The highest BCUT2D eigenvalue weighted by atomic mass is 32.1. The Morgan fingerprint density at radius 2 is 1.78 bits per heavy atom. The second kappa shape index (κ2) is 12.7. The molecule has 3 heterocycles. The summed E-state index contributed by atoms with van der Waals surface area (Å²) in [5.74, 6) is 1.58. The number of benzene rings is 1. The lowest BCUT2D eigenvalue weighted by Crippen LogP contribution is -2.46. The minimum Gasteiger partial charge on any atom is -0.480 e. The first-order valence-electron chi connectivity index (χ1n) is 14.4. The molecule has 5 rings (SSSR count). The number of aliphatic carboxylic acids is 1. The van der Waals surface area contributed by atoms with Crippen LogP contribution in [0.25, 0.3) is 0 Å². The molecular weight excluding hydrogens is 464 g/mol. The third kappa shape index (κ3) is 6.59. The third-order valence-corrected chi connectivity index (χ3v) is 10.0. The van der Waals surface area contributed by atoms with E-state index < -0.39 is 5.97 Å². The van der Waals surface area contributed by atoms with Gasteiger partial charge in [0.1, 0.15) is 6.04 Å². The fraction of sp³-hybridized carbons (Fsp3) is 0.645. The van der Waals surface area contributed by atoms with Crippen LogP contribution in [0.4, 0.5) is 0 Å². The van der Waals surface area contributed by atoms with Crippen molar-refractivity contribution in [2.75, 3.05) is 32.7 Å². The van der Waals surface area contributed by atoms with Gasteiger partial charge in [0.2, 0.25) is 0 Å². The Kier molecular flexibility index (Phi) is 9.16. The average Bonchev–Trinajstić information content (AvgIpc) is 3.57. The minimum absolute atomic E-state index is 0.299. The van der Waals surface area contributed by atoms with Gasteiger partial charge in [-0.05, 0) is 97.3 Å². The van der Waals surface area contributed by atoms with Gasteiger partial charge >= 0.3 is 5.97 Å². The summed E-state index contributed by atoms with van der Waals surface area (Å²) >= 11 is 1.78. The van der Waals surface area contributed by atoms with E-state index in [4.69, 9.17) is 0 Å². The van der Waals surface area contributed by atoms with Crippen molar-refractivity contribution >= 4 is 17.3 Å². The van der Waals surface area contributed by atoms with E-state index in [-0.39, 0.29) is 6.04 Å². The first kappa shape index (κ1) is 25.9. The molecule has 3 aliphatic rings. The number of hydrogen-bond donors (Lipinski definition) is 1. The summed E-state index contributed by atoms with van der Waals surface area (Å²) in [4.78, 5) is 17.5. The molecule has 3 atom stereocenters. The fourth-order valence-corrected chi connectivity index (χ4v) is 8.04. The Bertz CT molecular complexity index is 919. The number of likely N-dealkylation sites (tertiary alicyclic amines) is 2. The molecule has 1 saturated carbocycles. The highest BCUT2D eigenvalue weighted by Gasteiger charge is 2.43. The highest BCUT2D eigenvalue weighted by Crippen LogP contribution is 2.39. The van der Waals surface area contributed by atoms with Gasteiger partial charge in [0.05, 0.1) is 0 Å². The van der Waals surface area contributed by atoms with Crippen LogP contribution < -0.4 is 0 Å². The predicted molar refractivity (Wildman–Crippen MR) is 149 cm³/mol. The molecule has 36 heavy (non-hydrogen) atoms. The lowest BCUT2D eigenvalue weighted by molar-refractivity contribution is -0.145. The van der Waals surface area contributed by atoms with Crippen molar-refractivity contribution in [3.63, 3.8) is 0 Å². The van der Waals surface area contributed by atoms with E-state index in [2.05, 4.69) is 57.0 Å². The number of nitrogens with zero attached hydrogens (tertiary/aromatic N) is 2. The SMILES string of the molecule is O=C(O)C(C1CCCCC1)N1CC(CN2CCC(CCCc3ccccc3)CC2)C(c2ccsc2)C1. The average molecular weight is 509 g/mol. The van der Waals surface area contributed by atoms with Gasteiger partial charge in [0.15, 0.2) is 0 Å². The second-order valence-electron chi connectivity index (χ2n) is 11.7. The molecule has 1 aromatic heterocycles. The second-order valence-corrected chi connectivity index (χ2v) is 12.5. The molecule has 2 aromatic rings. The maximum absolute atomic E-state index is 12.4. The van der Waals surface area contributed by atoms with Crippen molar-refractivity contribution in [1.29, 1.82) is 0 Å². The van der Waals surface area contributed by atoms with E-state index in [1.807, 2.05) is 0 Å². The number of aryl methyl sites for hydroxylation is 1. The lowest BCUT2D eigenvalue weighted by Gasteiger charge is -2.35. The summed E-state index contributed by atoms with van der Waals surface area (Å²) in [6.45, 7) is 5.36. The van der Waals surface area contributed by atoms with Gasteiger partial charge in [-0.2, -0.15) is 11.3 Å². The van der Waals surface area contributed by atoms with E-state index in [1.54, 1.807) is 11.3 Å². The fourth-order valence-electron chi connectivity index (χ4n) is 7.32. The minimum atomic E-state index is -0.595. The van der Waals surface area contributed by atoms with Gasteiger partial charge in [-0.25, -0.2) is 0 Å². The molecule has 5 heteroatoms. The number of piperidine rings is 1. The summed E-state index contributed by atoms with van der Waals surface area (Å²) < 4.78 is 0. The number of carbonyl (C=O) groups is 1. The molecule has 1 aliphatic carbocycles.